The van der Waals surface area contributed by atoms with Gasteiger partial charge in [-0.2, -0.15) is 5.10 Å². The summed E-state index contributed by atoms with van der Waals surface area (Å²) in [7, 11) is 1.85. The summed E-state index contributed by atoms with van der Waals surface area (Å²) in [4.78, 5) is 16.7. The van der Waals surface area contributed by atoms with Crippen molar-refractivity contribution >= 4 is 22.6 Å². The van der Waals surface area contributed by atoms with Gasteiger partial charge >= 0.3 is 0 Å². The molecule has 6 nitrogen and oxygen atoms in total. The monoisotopic (exact) mass is 310 g/mol. The SMILES string of the molecule is CCOc1ccc(C(=O)Nc2cnc3c(c2)c(C)nn3C)cc1. The number of amides is 1. The van der Waals surface area contributed by atoms with Crippen LogP contribution in [0.5, 0.6) is 5.75 Å². The van der Waals surface area contributed by atoms with Crippen molar-refractivity contribution in [1.82, 2.24) is 14.8 Å². The number of ether oxygens (including phenoxy) is 1. The van der Waals surface area contributed by atoms with Crippen LogP contribution in [0.4, 0.5) is 5.69 Å². The van der Waals surface area contributed by atoms with Crippen LogP contribution in [-0.4, -0.2) is 27.3 Å². The van der Waals surface area contributed by atoms with Crippen LogP contribution < -0.4 is 10.1 Å². The fraction of sp³-hybridized carbons (Fsp3) is 0.235. The molecule has 0 saturated carbocycles. The standard InChI is InChI=1S/C17H18N4O2/c1-4-23-14-7-5-12(6-8-14)17(22)19-13-9-15-11(2)20-21(3)16(15)18-10-13/h5-10H,4H2,1-3H3,(H,19,22). The highest BCUT2D eigenvalue weighted by molar-refractivity contribution is 6.04. The molecular formula is C17H18N4O2. The maximum absolute atomic E-state index is 12.3. The Morgan fingerprint density at radius 1 is 1.30 bits per heavy atom. The van der Waals surface area contributed by atoms with Crippen molar-refractivity contribution in [2.45, 2.75) is 13.8 Å². The van der Waals surface area contributed by atoms with E-state index in [0.29, 0.717) is 17.9 Å². The normalized spacial score (nSPS) is 10.7. The van der Waals surface area contributed by atoms with E-state index in [1.807, 2.05) is 27.0 Å². The number of carbonyl (C=O) groups is 1. The highest BCUT2D eigenvalue weighted by atomic mass is 16.5. The minimum Gasteiger partial charge on any atom is -0.494 e. The predicted molar refractivity (Wildman–Crippen MR) is 88.8 cm³/mol. The number of anilines is 1. The third-order valence-electron chi connectivity index (χ3n) is 3.55. The summed E-state index contributed by atoms with van der Waals surface area (Å²) < 4.78 is 7.10. The van der Waals surface area contributed by atoms with Gasteiger partial charge in [-0.15, -0.1) is 0 Å². The van der Waals surface area contributed by atoms with Gasteiger partial charge in [0.05, 0.1) is 24.2 Å². The molecule has 0 atom stereocenters. The van der Waals surface area contributed by atoms with Crippen LogP contribution in [0.2, 0.25) is 0 Å². The molecule has 3 rings (SSSR count). The highest BCUT2D eigenvalue weighted by Crippen LogP contribution is 2.20. The summed E-state index contributed by atoms with van der Waals surface area (Å²) in [5, 5.41) is 8.11. The van der Waals surface area contributed by atoms with E-state index >= 15 is 0 Å². The molecule has 0 bridgehead atoms. The Balaban J connectivity index is 1.80. The van der Waals surface area contributed by atoms with E-state index in [2.05, 4.69) is 15.4 Å². The summed E-state index contributed by atoms with van der Waals surface area (Å²) in [6.07, 6.45) is 1.63. The first-order chi connectivity index (χ1) is 11.1. The molecule has 0 unspecified atom stereocenters. The second-order valence-electron chi connectivity index (χ2n) is 5.22. The Morgan fingerprint density at radius 3 is 2.74 bits per heavy atom. The van der Waals surface area contributed by atoms with Crippen molar-refractivity contribution in [1.29, 1.82) is 0 Å². The number of hydrogen-bond acceptors (Lipinski definition) is 4. The van der Waals surface area contributed by atoms with E-state index in [4.69, 9.17) is 4.74 Å². The van der Waals surface area contributed by atoms with Gasteiger partial charge in [-0.05, 0) is 44.2 Å². The van der Waals surface area contributed by atoms with Crippen molar-refractivity contribution in [3.8, 4) is 5.75 Å². The molecule has 0 aliphatic heterocycles. The fourth-order valence-corrected chi connectivity index (χ4v) is 2.45. The molecule has 0 saturated heterocycles. The summed E-state index contributed by atoms with van der Waals surface area (Å²) in [5.74, 6) is 0.564. The number of hydrogen-bond donors (Lipinski definition) is 1. The second-order valence-corrected chi connectivity index (χ2v) is 5.22. The second kappa shape index (κ2) is 6.08. The van der Waals surface area contributed by atoms with Gasteiger partial charge in [0, 0.05) is 18.0 Å². The van der Waals surface area contributed by atoms with E-state index in [1.54, 1.807) is 35.1 Å². The smallest absolute Gasteiger partial charge is 0.255 e. The molecule has 3 aromatic rings. The maximum Gasteiger partial charge on any atom is 0.255 e. The average molecular weight is 310 g/mol. The largest absolute Gasteiger partial charge is 0.494 e. The molecule has 0 aliphatic carbocycles. The van der Waals surface area contributed by atoms with Crippen molar-refractivity contribution in [2.75, 3.05) is 11.9 Å². The van der Waals surface area contributed by atoms with Crippen molar-refractivity contribution in [3.05, 3.63) is 47.8 Å². The Hall–Kier alpha value is -2.89. The Kier molecular flexibility index (Phi) is 3.97. The molecule has 2 heterocycles. The van der Waals surface area contributed by atoms with Gasteiger partial charge in [-0.1, -0.05) is 0 Å². The summed E-state index contributed by atoms with van der Waals surface area (Å²) in [6.45, 7) is 4.44. The predicted octanol–water partition coefficient (Wildman–Crippen LogP) is 2.93. The van der Waals surface area contributed by atoms with Crippen LogP contribution >= 0.6 is 0 Å². The molecule has 6 heteroatoms. The van der Waals surface area contributed by atoms with Gasteiger partial charge in [0.2, 0.25) is 0 Å². The third-order valence-corrected chi connectivity index (χ3v) is 3.55. The molecule has 0 fully saturated rings. The van der Waals surface area contributed by atoms with E-state index in [9.17, 15) is 4.79 Å². The Bertz CT molecular complexity index is 853. The number of aryl methyl sites for hydroxylation is 2. The zero-order valence-electron chi connectivity index (χ0n) is 13.3. The summed E-state index contributed by atoms with van der Waals surface area (Å²) >= 11 is 0. The van der Waals surface area contributed by atoms with E-state index in [-0.39, 0.29) is 5.91 Å². The highest BCUT2D eigenvalue weighted by Gasteiger charge is 2.10. The molecular weight excluding hydrogens is 292 g/mol. The van der Waals surface area contributed by atoms with Crippen molar-refractivity contribution < 1.29 is 9.53 Å². The van der Waals surface area contributed by atoms with Crippen molar-refractivity contribution in [3.63, 3.8) is 0 Å². The first-order valence-corrected chi connectivity index (χ1v) is 7.42. The number of benzene rings is 1. The zero-order chi connectivity index (χ0) is 16.4. The lowest BCUT2D eigenvalue weighted by molar-refractivity contribution is 0.102. The van der Waals surface area contributed by atoms with Gasteiger partial charge in [-0.25, -0.2) is 4.98 Å². The number of nitrogens with zero attached hydrogens (tertiary/aromatic N) is 3. The Labute approximate surface area is 134 Å². The van der Waals surface area contributed by atoms with Crippen LogP contribution in [0.15, 0.2) is 36.5 Å². The topological polar surface area (TPSA) is 69.0 Å². The lowest BCUT2D eigenvalue weighted by atomic mass is 10.2. The third kappa shape index (κ3) is 3.01. The lowest BCUT2D eigenvalue weighted by Crippen LogP contribution is -2.12. The van der Waals surface area contributed by atoms with Crippen LogP contribution in [0.1, 0.15) is 23.0 Å². The summed E-state index contributed by atoms with van der Waals surface area (Å²) in [5.41, 5.74) is 2.89. The van der Waals surface area contributed by atoms with Crippen LogP contribution in [-0.2, 0) is 7.05 Å². The minimum absolute atomic E-state index is 0.184. The van der Waals surface area contributed by atoms with Gasteiger partial charge < -0.3 is 10.1 Å². The van der Waals surface area contributed by atoms with Gasteiger partial charge in [-0.3, -0.25) is 9.48 Å². The zero-order valence-corrected chi connectivity index (χ0v) is 13.3. The fourth-order valence-electron chi connectivity index (χ4n) is 2.45. The molecule has 118 valence electrons. The average Bonchev–Trinajstić information content (AvgIpc) is 2.82. The molecule has 1 aromatic carbocycles. The van der Waals surface area contributed by atoms with E-state index in [1.165, 1.54) is 0 Å². The molecule has 0 spiro atoms. The molecule has 2 aromatic heterocycles. The molecule has 0 aliphatic rings. The van der Waals surface area contributed by atoms with Crippen LogP contribution in [0.3, 0.4) is 0 Å². The quantitative estimate of drug-likeness (QED) is 0.804. The van der Waals surface area contributed by atoms with Gasteiger partial charge in [0.15, 0.2) is 5.65 Å². The number of rotatable bonds is 4. The molecule has 23 heavy (non-hydrogen) atoms. The molecule has 0 radical (unpaired) electrons. The molecule has 1 N–H and O–H groups in total. The minimum atomic E-state index is -0.184. The number of aromatic nitrogens is 3. The van der Waals surface area contributed by atoms with E-state index in [0.717, 1.165) is 22.5 Å². The number of carbonyl (C=O) groups excluding carboxylic acids is 1. The van der Waals surface area contributed by atoms with Crippen LogP contribution in [0, 0.1) is 6.92 Å². The lowest BCUT2D eigenvalue weighted by Gasteiger charge is -2.07. The maximum atomic E-state index is 12.3. The van der Waals surface area contributed by atoms with Gasteiger partial charge in [0.25, 0.3) is 5.91 Å². The van der Waals surface area contributed by atoms with Crippen molar-refractivity contribution in [2.24, 2.45) is 7.05 Å². The van der Waals surface area contributed by atoms with E-state index < -0.39 is 0 Å². The van der Waals surface area contributed by atoms with Crippen LogP contribution in [0.25, 0.3) is 11.0 Å². The summed E-state index contributed by atoms with van der Waals surface area (Å²) in [6, 6.07) is 8.93. The first-order valence-electron chi connectivity index (χ1n) is 7.42. The number of pyridine rings is 1. The number of fused-ring (bicyclic) bond motifs is 1. The molecule has 1 amide bonds. The Morgan fingerprint density at radius 2 is 2.04 bits per heavy atom. The first kappa shape index (κ1) is 15.0. The number of nitrogens with one attached hydrogen (secondary N) is 1. The van der Waals surface area contributed by atoms with Gasteiger partial charge in [0.1, 0.15) is 5.75 Å².